The van der Waals surface area contributed by atoms with E-state index in [9.17, 15) is 23.1 Å². The van der Waals surface area contributed by atoms with Crippen molar-refractivity contribution in [2.75, 3.05) is 33.7 Å². The van der Waals surface area contributed by atoms with E-state index in [0.29, 0.717) is 32.5 Å². The van der Waals surface area contributed by atoms with E-state index in [1.807, 2.05) is 0 Å². The molecule has 24 heavy (non-hydrogen) atoms. The highest BCUT2D eigenvalue weighted by atomic mass is 32.2. The molecule has 0 aliphatic carbocycles. The number of hydrogen-bond acceptors (Lipinski definition) is 5. The molecule has 2 saturated heterocycles. The van der Waals surface area contributed by atoms with Crippen molar-refractivity contribution in [3.05, 3.63) is 0 Å². The molecule has 2 heterocycles. The van der Waals surface area contributed by atoms with Crippen LogP contribution in [0.5, 0.6) is 0 Å². The van der Waals surface area contributed by atoms with Gasteiger partial charge in [0, 0.05) is 32.6 Å². The number of nitrogens with zero attached hydrogens (tertiary/aromatic N) is 3. The number of hydrogen-bond donors (Lipinski definition) is 1. The Hall–Kier alpha value is -1.19. The lowest BCUT2D eigenvalue weighted by atomic mass is 9.94. The van der Waals surface area contributed by atoms with Crippen LogP contribution >= 0.6 is 0 Å². The third kappa shape index (κ3) is 3.73. The first-order valence-corrected chi connectivity index (χ1v) is 9.76. The molecule has 0 spiro atoms. The van der Waals surface area contributed by atoms with Crippen molar-refractivity contribution < 1.29 is 23.1 Å². The van der Waals surface area contributed by atoms with Crippen molar-refractivity contribution in [1.29, 1.82) is 0 Å². The topological polar surface area (TPSA) is 98.0 Å². The fraction of sp³-hybridized carbons (Fsp3) is 0.867. The van der Waals surface area contributed by atoms with Crippen molar-refractivity contribution in [2.45, 2.75) is 38.1 Å². The monoisotopic (exact) mass is 361 g/mol. The number of amides is 1. The van der Waals surface area contributed by atoms with Gasteiger partial charge in [-0.1, -0.05) is 13.8 Å². The number of carboxylic acids is 1. The molecule has 0 aromatic heterocycles. The molecule has 0 bridgehead atoms. The molecule has 2 rings (SSSR count). The van der Waals surface area contributed by atoms with Gasteiger partial charge in [0.1, 0.15) is 11.4 Å². The summed E-state index contributed by atoms with van der Waals surface area (Å²) in [6.07, 6.45) is 0.868. The van der Waals surface area contributed by atoms with Crippen LogP contribution < -0.4 is 0 Å². The lowest BCUT2D eigenvalue weighted by molar-refractivity contribution is -0.153. The van der Waals surface area contributed by atoms with E-state index >= 15 is 0 Å². The van der Waals surface area contributed by atoms with Crippen LogP contribution in [-0.4, -0.2) is 84.7 Å². The number of carbonyl (C=O) groups excluding carboxylic acids is 1. The minimum Gasteiger partial charge on any atom is -0.480 e. The molecule has 3 atom stereocenters. The maximum atomic E-state index is 12.6. The molecule has 8 nitrogen and oxygen atoms in total. The summed E-state index contributed by atoms with van der Waals surface area (Å²) in [7, 11) is -0.0239. The smallest absolute Gasteiger partial charge is 0.326 e. The van der Waals surface area contributed by atoms with Crippen LogP contribution in [-0.2, 0) is 19.6 Å². The molecular weight excluding hydrogens is 334 g/mol. The van der Waals surface area contributed by atoms with E-state index in [0.717, 1.165) is 0 Å². The summed E-state index contributed by atoms with van der Waals surface area (Å²) in [6, 6.07) is -0.862. The zero-order chi connectivity index (χ0) is 18.2. The fourth-order valence-corrected chi connectivity index (χ4v) is 5.32. The molecule has 0 radical (unpaired) electrons. The van der Waals surface area contributed by atoms with Gasteiger partial charge in [-0.25, -0.2) is 17.5 Å². The summed E-state index contributed by atoms with van der Waals surface area (Å²) in [5.41, 5.74) is 0. The zero-order valence-corrected chi connectivity index (χ0v) is 15.5. The van der Waals surface area contributed by atoms with E-state index in [4.69, 9.17) is 0 Å². The van der Waals surface area contributed by atoms with Gasteiger partial charge in [0.2, 0.25) is 15.9 Å². The molecule has 9 heteroatoms. The Bertz CT molecular complexity index is 598. The summed E-state index contributed by atoms with van der Waals surface area (Å²) in [5.74, 6) is -1.74. The Morgan fingerprint density at radius 2 is 1.71 bits per heavy atom. The fourth-order valence-electron chi connectivity index (χ4n) is 3.37. The van der Waals surface area contributed by atoms with Crippen LogP contribution in [0, 0.1) is 11.8 Å². The third-order valence-corrected chi connectivity index (χ3v) is 7.24. The van der Waals surface area contributed by atoms with Gasteiger partial charge in [0.15, 0.2) is 0 Å². The predicted octanol–water partition coefficient (Wildman–Crippen LogP) is -0.133. The number of carbonyl (C=O) groups is 2. The van der Waals surface area contributed by atoms with Crippen molar-refractivity contribution in [3.8, 4) is 0 Å². The van der Waals surface area contributed by atoms with Gasteiger partial charge in [-0.2, -0.15) is 0 Å². The highest BCUT2D eigenvalue weighted by molar-refractivity contribution is 7.90. The first kappa shape index (κ1) is 19.1. The van der Waals surface area contributed by atoms with Gasteiger partial charge >= 0.3 is 5.97 Å². The van der Waals surface area contributed by atoms with Crippen LogP contribution in [0.4, 0.5) is 0 Å². The molecule has 2 fully saturated rings. The summed E-state index contributed by atoms with van der Waals surface area (Å²) >= 11 is 0. The summed E-state index contributed by atoms with van der Waals surface area (Å²) in [5, 5.41) is 8.89. The maximum Gasteiger partial charge on any atom is 0.326 e. The lowest BCUT2D eigenvalue weighted by Gasteiger charge is -2.35. The minimum absolute atomic E-state index is 0.192. The molecule has 2 aliphatic heterocycles. The Morgan fingerprint density at radius 1 is 1.21 bits per heavy atom. The molecule has 138 valence electrons. The summed E-state index contributed by atoms with van der Waals surface area (Å²) < 4.78 is 26.2. The second kappa shape index (κ2) is 6.97. The van der Waals surface area contributed by atoms with E-state index in [1.165, 1.54) is 16.3 Å². The number of rotatable bonds is 6. The van der Waals surface area contributed by atoms with Crippen LogP contribution in [0.1, 0.15) is 26.7 Å². The van der Waals surface area contributed by atoms with Gasteiger partial charge in [0.05, 0.1) is 0 Å². The Balaban J connectivity index is 1.96. The van der Waals surface area contributed by atoms with Crippen molar-refractivity contribution in [1.82, 2.24) is 14.1 Å². The van der Waals surface area contributed by atoms with E-state index in [-0.39, 0.29) is 17.7 Å². The SMILES string of the molecule is CC(C)[C@@H](C(=O)O)N(C)C(=O)C1CCN(S(=O)(=O)[C@H]2CN2C)CC1. The van der Waals surface area contributed by atoms with Gasteiger partial charge in [0.25, 0.3) is 0 Å². The summed E-state index contributed by atoms with van der Waals surface area (Å²) in [4.78, 5) is 27.0. The minimum atomic E-state index is -3.31. The van der Waals surface area contributed by atoms with E-state index < -0.39 is 27.4 Å². The second-order valence-corrected chi connectivity index (χ2v) is 9.18. The van der Waals surface area contributed by atoms with Crippen molar-refractivity contribution in [3.63, 3.8) is 0 Å². The molecule has 0 aromatic carbocycles. The quantitative estimate of drug-likeness (QED) is 0.662. The first-order valence-electron chi connectivity index (χ1n) is 8.26. The zero-order valence-electron chi connectivity index (χ0n) is 14.7. The van der Waals surface area contributed by atoms with E-state index in [1.54, 1.807) is 25.8 Å². The van der Waals surface area contributed by atoms with Gasteiger partial charge in [-0.15, -0.1) is 0 Å². The highest BCUT2D eigenvalue weighted by Crippen LogP contribution is 2.29. The largest absolute Gasteiger partial charge is 0.480 e. The van der Waals surface area contributed by atoms with Crippen LogP contribution in [0.2, 0.25) is 0 Å². The standard InChI is InChI=1S/C15H27N3O5S/c1-10(2)13(15(20)21)17(4)14(19)11-5-7-18(8-6-11)24(22,23)12-9-16(12)3/h10-13H,5-9H2,1-4H3,(H,20,21)/t12-,13-,16?/m0/s1. The van der Waals surface area contributed by atoms with E-state index in [2.05, 4.69) is 0 Å². The molecule has 0 saturated carbocycles. The average molecular weight is 361 g/mol. The average Bonchev–Trinajstić information content (AvgIpc) is 3.23. The molecule has 1 amide bonds. The highest BCUT2D eigenvalue weighted by Gasteiger charge is 2.46. The predicted molar refractivity (Wildman–Crippen MR) is 88.7 cm³/mol. The number of sulfonamides is 1. The van der Waals surface area contributed by atoms with Gasteiger partial charge in [-0.3, -0.25) is 9.69 Å². The molecule has 2 aliphatic rings. The first-order chi connectivity index (χ1) is 11.1. The Morgan fingerprint density at radius 3 is 2.08 bits per heavy atom. The molecule has 1 unspecified atom stereocenters. The number of piperidine rings is 1. The van der Waals surface area contributed by atoms with Crippen LogP contribution in [0.25, 0.3) is 0 Å². The number of carboxylic acid groups (broad SMARTS) is 1. The van der Waals surface area contributed by atoms with Crippen molar-refractivity contribution in [2.24, 2.45) is 11.8 Å². The second-order valence-electron chi connectivity index (χ2n) is 7.09. The number of likely N-dealkylation sites (N-methyl/N-ethyl adjacent to an activating group) is 2. The van der Waals surface area contributed by atoms with Crippen LogP contribution in [0.3, 0.4) is 0 Å². The molecule has 1 N–H and O–H groups in total. The lowest BCUT2D eigenvalue weighted by Crippen LogP contribution is -2.50. The Kier molecular flexibility index (Phi) is 5.56. The number of aliphatic carboxylic acids is 1. The van der Waals surface area contributed by atoms with Crippen molar-refractivity contribution >= 4 is 21.9 Å². The molecular formula is C15H27N3O5S. The van der Waals surface area contributed by atoms with Crippen LogP contribution in [0.15, 0.2) is 0 Å². The third-order valence-electron chi connectivity index (χ3n) is 4.96. The molecule has 0 aromatic rings. The van der Waals surface area contributed by atoms with Gasteiger partial charge < -0.3 is 10.0 Å². The summed E-state index contributed by atoms with van der Waals surface area (Å²) in [6.45, 7) is 4.72. The normalized spacial score (nSPS) is 27.0. The maximum absolute atomic E-state index is 12.6. The van der Waals surface area contributed by atoms with Gasteiger partial charge in [-0.05, 0) is 25.8 Å². The Labute approximate surface area is 143 Å².